The summed E-state index contributed by atoms with van der Waals surface area (Å²) in [6.45, 7) is 0.635. The van der Waals surface area contributed by atoms with Gasteiger partial charge in [0.15, 0.2) is 0 Å². The van der Waals surface area contributed by atoms with Gasteiger partial charge in [0, 0.05) is 18.5 Å². The second-order valence-electron chi connectivity index (χ2n) is 2.56. The van der Waals surface area contributed by atoms with Crippen LogP contribution in [0.2, 0.25) is 0 Å². The average molecular weight is 263 g/mol. The van der Waals surface area contributed by atoms with Crippen LogP contribution in [0.4, 0.5) is 0 Å². The fourth-order valence-electron chi connectivity index (χ4n) is 0.778. The molecule has 0 aliphatic rings. The van der Waals surface area contributed by atoms with Crippen molar-refractivity contribution in [3.05, 3.63) is 24.4 Å². The van der Waals surface area contributed by atoms with Gasteiger partial charge in [0.1, 0.15) is 10.9 Å². The molecule has 1 aromatic heterocycles. The Morgan fingerprint density at radius 3 is 3.07 bits per heavy atom. The van der Waals surface area contributed by atoms with E-state index in [-0.39, 0.29) is 11.8 Å². The molecule has 15 heavy (non-hydrogen) atoms. The van der Waals surface area contributed by atoms with Gasteiger partial charge in [-0.3, -0.25) is 4.79 Å². The summed E-state index contributed by atoms with van der Waals surface area (Å²) in [6.07, 6.45) is 1.76. The number of alkyl halides is 1. The summed E-state index contributed by atoms with van der Waals surface area (Å²) in [5.74, 6) is 0.738. The van der Waals surface area contributed by atoms with Crippen LogP contribution in [0.3, 0.4) is 0 Å². The van der Waals surface area contributed by atoms with Gasteiger partial charge < -0.3 is 5.32 Å². The summed E-state index contributed by atoms with van der Waals surface area (Å²) in [6, 6.07) is 5.79. The van der Waals surface area contributed by atoms with Gasteiger partial charge in [-0.1, -0.05) is 16.9 Å². The lowest BCUT2D eigenvalue weighted by Crippen LogP contribution is -2.26. The Hall–Kier alpha value is -0.390. The lowest BCUT2D eigenvalue weighted by Gasteiger charge is -2.01. The van der Waals surface area contributed by atoms with Crippen LogP contribution in [-0.2, 0) is 4.79 Å². The molecule has 6 heteroatoms. The number of aromatic nitrogens is 1. The molecule has 1 rings (SSSR count). The number of carbonyl (C=O) groups excluding carboxylic acids is 1. The third kappa shape index (κ3) is 5.92. The number of nitrogens with zero attached hydrogens (tertiary/aromatic N) is 1. The highest BCUT2D eigenvalue weighted by Crippen LogP contribution is 2.28. The van der Waals surface area contributed by atoms with E-state index in [9.17, 15) is 4.79 Å². The first-order valence-electron chi connectivity index (χ1n) is 4.36. The third-order valence-electron chi connectivity index (χ3n) is 1.41. The summed E-state index contributed by atoms with van der Waals surface area (Å²) in [4.78, 5) is 14.9. The summed E-state index contributed by atoms with van der Waals surface area (Å²) < 4.78 is 0. The molecule has 82 valence electrons. The maximum atomic E-state index is 10.8. The number of pyridine rings is 1. The van der Waals surface area contributed by atoms with Crippen LogP contribution in [0.15, 0.2) is 29.4 Å². The van der Waals surface area contributed by atoms with E-state index in [4.69, 9.17) is 11.6 Å². The van der Waals surface area contributed by atoms with Crippen molar-refractivity contribution in [3.63, 3.8) is 0 Å². The van der Waals surface area contributed by atoms with Crippen LogP contribution >= 0.6 is 33.2 Å². The molecule has 1 N–H and O–H groups in total. The number of amides is 1. The molecule has 0 fully saturated rings. The number of carbonyl (C=O) groups is 1. The molecule has 0 radical (unpaired) electrons. The van der Waals surface area contributed by atoms with E-state index in [1.807, 2.05) is 18.2 Å². The van der Waals surface area contributed by atoms with Crippen LogP contribution in [0.25, 0.3) is 0 Å². The van der Waals surface area contributed by atoms with E-state index >= 15 is 0 Å². The molecule has 0 aliphatic carbocycles. The highest BCUT2D eigenvalue weighted by Gasteiger charge is 1.98. The predicted octanol–water partition coefficient (Wildman–Crippen LogP) is 2.18. The molecule has 0 bridgehead atoms. The zero-order chi connectivity index (χ0) is 10.9. The van der Waals surface area contributed by atoms with Crippen LogP contribution < -0.4 is 5.32 Å². The maximum absolute atomic E-state index is 10.8. The van der Waals surface area contributed by atoms with E-state index < -0.39 is 0 Å². The zero-order valence-corrected chi connectivity index (χ0v) is 10.4. The first kappa shape index (κ1) is 12.7. The van der Waals surface area contributed by atoms with Gasteiger partial charge in [0.05, 0.1) is 0 Å². The van der Waals surface area contributed by atoms with Crippen LogP contribution in [-0.4, -0.2) is 29.1 Å². The minimum Gasteiger partial charge on any atom is -0.354 e. The standard InChI is InChI=1S/C9H11ClN2OS2/c10-7-8(13)11-5-6-14-15-9-3-1-2-4-12-9/h1-4H,5-7H2,(H,11,13). The normalized spacial score (nSPS) is 9.93. The predicted molar refractivity (Wildman–Crippen MR) is 66.3 cm³/mol. The van der Waals surface area contributed by atoms with Gasteiger partial charge >= 0.3 is 0 Å². The van der Waals surface area contributed by atoms with Crippen molar-refractivity contribution in [2.75, 3.05) is 18.2 Å². The Balaban J connectivity index is 2.05. The first-order chi connectivity index (χ1) is 7.33. The van der Waals surface area contributed by atoms with Gasteiger partial charge in [-0.05, 0) is 22.9 Å². The van der Waals surface area contributed by atoms with Crippen LogP contribution in [0.1, 0.15) is 0 Å². The Kier molecular flexibility index (Phi) is 6.63. The Labute approximate surface area is 102 Å². The SMILES string of the molecule is O=C(CCl)NCCSSc1ccccn1. The molecule has 1 heterocycles. The summed E-state index contributed by atoms with van der Waals surface area (Å²) in [5, 5.41) is 3.67. The Bertz CT molecular complexity index is 297. The fraction of sp³-hybridized carbons (Fsp3) is 0.333. The molecule has 1 amide bonds. The summed E-state index contributed by atoms with van der Waals surface area (Å²) in [7, 11) is 3.26. The molecule has 0 aromatic carbocycles. The largest absolute Gasteiger partial charge is 0.354 e. The van der Waals surface area contributed by atoms with E-state index in [0.29, 0.717) is 6.54 Å². The molecule has 0 saturated heterocycles. The van der Waals surface area contributed by atoms with Crippen molar-refractivity contribution < 1.29 is 4.79 Å². The van der Waals surface area contributed by atoms with Crippen molar-refractivity contribution in [2.45, 2.75) is 5.03 Å². The number of halogens is 1. The smallest absolute Gasteiger partial charge is 0.234 e. The quantitative estimate of drug-likeness (QED) is 0.485. The molecule has 0 atom stereocenters. The molecule has 0 saturated carbocycles. The van der Waals surface area contributed by atoms with Crippen molar-refractivity contribution >= 4 is 39.1 Å². The van der Waals surface area contributed by atoms with Crippen molar-refractivity contribution in [2.24, 2.45) is 0 Å². The number of hydrogen-bond donors (Lipinski definition) is 1. The number of hydrogen-bond acceptors (Lipinski definition) is 4. The van der Waals surface area contributed by atoms with Crippen molar-refractivity contribution in [3.8, 4) is 0 Å². The van der Waals surface area contributed by atoms with Gasteiger partial charge in [0.2, 0.25) is 5.91 Å². The van der Waals surface area contributed by atoms with Gasteiger partial charge in [-0.2, -0.15) is 0 Å². The average Bonchev–Trinajstić information content (AvgIpc) is 2.29. The van der Waals surface area contributed by atoms with Gasteiger partial charge in [0.25, 0.3) is 0 Å². The van der Waals surface area contributed by atoms with Crippen LogP contribution in [0, 0.1) is 0 Å². The summed E-state index contributed by atoms with van der Waals surface area (Å²) >= 11 is 5.33. The maximum Gasteiger partial charge on any atom is 0.234 e. The highest BCUT2D eigenvalue weighted by molar-refractivity contribution is 8.76. The fourth-order valence-corrected chi connectivity index (χ4v) is 2.66. The number of rotatable bonds is 6. The van der Waals surface area contributed by atoms with Crippen LogP contribution in [0.5, 0.6) is 0 Å². The highest BCUT2D eigenvalue weighted by atomic mass is 35.5. The minimum atomic E-state index is -0.125. The molecule has 1 aromatic rings. The van der Waals surface area contributed by atoms with Crippen molar-refractivity contribution in [1.29, 1.82) is 0 Å². The summed E-state index contributed by atoms with van der Waals surface area (Å²) in [5.41, 5.74) is 0. The molecular formula is C9H11ClN2OS2. The molecule has 3 nitrogen and oxygen atoms in total. The van der Waals surface area contributed by atoms with E-state index in [1.54, 1.807) is 27.8 Å². The van der Waals surface area contributed by atoms with Gasteiger partial charge in [-0.25, -0.2) is 4.98 Å². The molecular weight excluding hydrogens is 252 g/mol. The van der Waals surface area contributed by atoms with E-state index in [1.165, 1.54) is 0 Å². The third-order valence-corrected chi connectivity index (χ3v) is 3.92. The van der Waals surface area contributed by atoms with E-state index in [2.05, 4.69) is 10.3 Å². The monoisotopic (exact) mass is 262 g/mol. The molecule has 0 aliphatic heterocycles. The zero-order valence-electron chi connectivity index (χ0n) is 7.98. The Morgan fingerprint density at radius 2 is 2.40 bits per heavy atom. The van der Waals surface area contributed by atoms with Crippen molar-refractivity contribution in [1.82, 2.24) is 10.3 Å². The van der Waals surface area contributed by atoms with Gasteiger partial charge in [-0.15, -0.1) is 11.6 Å². The lowest BCUT2D eigenvalue weighted by atomic mass is 10.5. The second-order valence-corrected chi connectivity index (χ2v) is 5.26. The number of nitrogens with one attached hydrogen (secondary N) is 1. The topological polar surface area (TPSA) is 42.0 Å². The molecule has 0 unspecified atom stereocenters. The minimum absolute atomic E-state index is 0.0258. The lowest BCUT2D eigenvalue weighted by molar-refractivity contribution is -0.118. The molecule has 0 spiro atoms. The second kappa shape index (κ2) is 7.84. The Morgan fingerprint density at radius 1 is 1.53 bits per heavy atom. The first-order valence-corrected chi connectivity index (χ1v) is 7.21. The van der Waals surface area contributed by atoms with E-state index in [0.717, 1.165) is 10.8 Å².